The van der Waals surface area contributed by atoms with Crippen LogP contribution in [0.25, 0.3) is 10.9 Å². The van der Waals surface area contributed by atoms with Gasteiger partial charge in [-0.1, -0.05) is 17.3 Å². The standard InChI is InChI=1S/C21H18F5N3O2/c1-29-19(15-3-2-4-17-14(15)7-8-27-17)28-31-20(29)12-5-6-18(30-13(10-22)11-23)16(9-12)21(24,25)26/h2-9,13,20,27H,10-11H2,1H3. The summed E-state index contributed by atoms with van der Waals surface area (Å²) in [5.41, 5.74) is 0.663. The van der Waals surface area contributed by atoms with Crippen LogP contribution in [-0.4, -0.2) is 42.2 Å². The van der Waals surface area contributed by atoms with Gasteiger partial charge in [0.2, 0.25) is 6.23 Å². The molecule has 1 atom stereocenters. The smallest absolute Gasteiger partial charge is 0.419 e. The van der Waals surface area contributed by atoms with E-state index in [4.69, 9.17) is 9.57 Å². The third kappa shape index (κ3) is 3.89. The summed E-state index contributed by atoms with van der Waals surface area (Å²) in [7, 11) is 1.65. The molecule has 3 aromatic rings. The summed E-state index contributed by atoms with van der Waals surface area (Å²) >= 11 is 0. The molecule has 31 heavy (non-hydrogen) atoms. The molecule has 0 saturated heterocycles. The number of amidine groups is 1. The van der Waals surface area contributed by atoms with Crippen molar-refractivity contribution in [1.29, 1.82) is 0 Å². The van der Waals surface area contributed by atoms with Gasteiger partial charge in [-0.2, -0.15) is 13.2 Å². The van der Waals surface area contributed by atoms with Gasteiger partial charge in [-0.15, -0.1) is 0 Å². The second-order valence-electron chi connectivity index (χ2n) is 7.03. The van der Waals surface area contributed by atoms with Crippen molar-refractivity contribution in [2.24, 2.45) is 5.16 Å². The lowest BCUT2D eigenvalue weighted by molar-refractivity contribution is -0.139. The summed E-state index contributed by atoms with van der Waals surface area (Å²) in [5.74, 6) is -0.186. The molecule has 1 unspecified atom stereocenters. The highest BCUT2D eigenvalue weighted by Crippen LogP contribution is 2.40. The molecule has 0 spiro atoms. The fraction of sp³-hybridized carbons (Fsp3) is 0.286. The maximum Gasteiger partial charge on any atom is 0.419 e. The summed E-state index contributed by atoms with van der Waals surface area (Å²) in [4.78, 5) is 10.2. The Morgan fingerprint density at radius 1 is 1.16 bits per heavy atom. The highest BCUT2D eigenvalue weighted by Gasteiger charge is 2.38. The molecule has 1 aromatic heterocycles. The number of hydrogen-bond acceptors (Lipinski definition) is 4. The number of aromatic nitrogens is 1. The number of benzene rings is 2. The van der Waals surface area contributed by atoms with Gasteiger partial charge in [-0.3, -0.25) is 0 Å². The molecule has 10 heteroatoms. The van der Waals surface area contributed by atoms with Crippen LogP contribution in [-0.2, 0) is 11.0 Å². The second-order valence-corrected chi connectivity index (χ2v) is 7.03. The van der Waals surface area contributed by atoms with Crippen LogP contribution >= 0.6 is 0 Å². The van der Waals surface area contributed by atoms with E-state index in [1.165, 1.54) is 6.07 Å². The minimum atomic E-state index is -4.79. The molecule has 1 aliphatic rings. The Hall–Kier alpha value is -3.30. The van der Waals surface area contributed by atoms with Gasteiger partial charge in [0.1, 0.15) is 19.1 Å². The van der Waals surface area contributed by atoms with E-state index in [0.717, 1.165) is 28.6 Å². The molecular formula is C21H18F5N3O2. The Balaban J connectivity index is 1.65. The minimum Gasteiger partial charge on any atom is -0.484 e. The van der Waals surface area contributed by atoms with Crippen LogP contribution in [0, 0.1) is 0 Å². The van der Waals surface area contributed by atoms with E-state index in [9.17, 15) is 22.0 Å². The molecule has 0 saturated carbocycles. The molecule has 2 aromatic carbocycles. The minimum absolute atomic E-state index is 0.166. The van der Waals surface area contributed by atoms with Crippen LogP contribution in [0.2, 0.25) is 0 Å². The van der Waals surface area contributed by atoms with E-state index in [1.54, 1.807) is 18.1 Å². The number of oxime groups is 1. The van der Waals surface area contributed by atoms with E-state index in [0.29, 0.717) is 5.84 Å². The molecular weight excluding hydrogens is 421 g/mol. The van der Waals surface area contributed by atoms with Gasteiger partial charge in [0.15, 0.2) is 11.9 Å². The summed E-state index contributed by atoms with van der Waals surface area (Å²) in [6.45, 7) is -2.49. The summed E-state index contributed by atoms with van der Waals surface area (Å²) < 4.78 is 71.2. The lowest BCUT2D eigenvalue weighted by atomic mass is 10.1. The number of rotatable bonds is 6. The van der Waals surface area contributed by atoms with Gasteiger partial charge in [0, 0.05) is 35.3 Å². The maximum atomic E-state index is 13.6. The quantitative estimate of drug-likeness (QED) is 0.538. The first-order valence-corrected chi connectivity index (χ1v) is 9.36. The first-order chi connectivity index (χ1) is 14.8. The van der Waals surface area contributed by atoms with Gasteiger partial charge in [-0.25, -0.2) is 8.78 Å². The average Bonchev–Trinajstić information content (AvgIpc) is 3.38. The molecule has 4 rings (SSSR count). The largest absolute Gasteiger partial charge is 0.484 e. The van der Waals surface area contributed by atoms with E-state index in [2.05, 4.69) is 10.1 Å². The van der Waals surface area contributed by atoms with Gasteiger partial charge < -0.3 is 19.5 Å². The molecule has 0 amide bonds. The summed E-state index contributed by atoms with van der Waals surface area (Å²) in [5, 5.41) is 4.97. The first-order valence-electron chi connectivity index (χ1n) is 9.36. The fourth-order valence-corrected chi connectivity index (χ4v) is 3.46. The number of aromatic amines is 1. The summed E-state index contributed by atoms with van der Waals surface area (Å²) in [6, 6.07) is 10.7. The molecule has 0 aliphatic carbocycles. The first kappa shape index (κ1) is 21.0. The number of ether oxygens (including phenoxy) is 1. The van der Waals surface area contributed by atoms with Crippen molar-refractivity contribution in [2.45, 2.75) is 18.5 Å². The normalized spacial score (nSPS) is 16.7. The van der Waals surface area contributed by atoms with E-state index >= 15 is 0 Å². The van der Waals surface area contributed by atoms with Crippen molar-refractivity contribution in [1.82, 2.24) is 9.88 Å². The third-order valence-corrected chi connectivity index (χ3v) is 4.99. The zero-order valence-corrected chi connectivity index (χ0v) is 16.3. The molecule has 0 bridgehead atoms. The Labute approximate surface area is 174 Å². The molecule has 1 aliphatic heterocycles. The molecule has 2 heterocycles. The highest BCUT2D eigenvalue weighted by molar-refractivity contribution is 6.09. The van der Waals surface area contributed by atoms with Crippen molar-refractivity contribution in [2.75, 3.05) is 20.4 Å². The third-order valence-electron chi connectivity index (χ3n) is 4.99. The number of nitrogens with one attached hydrogen (secondary N) is 1. The van der Waals surface area contributed by atoms with Crippen molar-refractivity contribution in [3.05, 3.63) is 65.4 Å². The van der Waals surface area contributed by atoms with Crippen LogP contribution in [0.15, 0.2) is 53.8 Å². The number of alkyl halides is 5. The monoisotopic (exact) mass is 439 g/mol. The van der Waals surface area contributed by atoms with Crippen molar-refractivity contribution in [3.8, 4) is 5.75 Å². The number of hydrogen-bond donors (Lipinski definition) is 1. The van der Waals surface area contributed by atoms with E-state index in [1.807, 2.05) is 24.3 Å². The SMILES string of the molecule is CN1C(c2cccc3[nH]ccc23)=NOC1c1ccc(OC(CF)CF)c(C(F)(F)F)c1. The Morgan fingerprint density at radius 3 is 2.65 bits per heavy atom. The van der Waals surface area contributed by atoms with Crippen LogP contribution < -0.4 is 4.74 Å². The fourth-order valence-electron chi connectivity index (χ4n) is 3.46. The molecule has 1 N–H and O–H groups in total. The zero-order valence-electron chi connectivity index (χ0n) is 16.3. The van der Waals surface area contributed by atoms with E-state index in [-0.39, 0.29) is 5.56 Å². The van der Waals surface area contributed by atoms with Crippen LogP contribution in [0.3, 0.4) is 0 Å². The number of halogens is 5. The topological polar surface area (TPSA) is 49.9 Å². The predicted octanol–water partition coefficient (Wildman–Crippen LogP) is 5.20. The average molecular weight is 439 g/mol. The lowest BCUT2D eigenvalue weighted by Gasteiger charge is -2.23. The zero-order chi connectivity index (χ0) is 22.2. The van der Waals surface area contributed by atoms with Gasteiger partial charge in [0.05, 0.1) is 5.56 Å². The number of fused-ring (bicyclic) bond motifs is 1. The van der Waals surface area contributed by atoms with Gasteiger partial charge in [0.25, 0.3) is 0 Å². The van der Waals surface area contributed by atoms with Crippen molar-refractivity contribution >= 4 is 16.7 Å². The Kier molecular flexibility index (Phi) is 5.47. The Bertz CT molecular complexity index is 1110. The molecule has 5 nitrogen and oxygen atoms in total. The number of H-pyrrole nitrogens is 1. The number of nitrogens with zero attached hydrogens (tertiary/aromatic N) is 2. The Morgan fingerprint density at radius 2 is 1.94 bits per heavy atom. The van der Waals surface area contributed by atoms with Crippen molar-refractivity contribution in [3.63, 3.8) is 0 Å². The van der Waals surface area contributed by atoms with Crippen LogP contribution in [0.1, 0.15) is 22.9 Å². The van der Waals surface area contributed by atoms with Crippen LogP contribution in [0.4, 0.5) is 22.0 Å². The highest BCUT2D eigenvalue weighted by atomic mass is 19.4. The molecule has 0 fully saturated rings. The molecule has 164 valence electrons. The van der Waals surface area contributed by atoms with Crippen LogP contribution in [0.5, 0.6) is 5.75 Å². The van der Waals surface area contributed by atoms with Crippen molar-refractivity contribution < 1.29 is 31.5 Å². The van der Waals surface area contributed by atoms with Gasteiger partial charge >= 0.3 is 6.18 Å². The maximum absolute atomic E-state index is 13.6. The summed E-state index contributed by atoms with van der Waals surface area (Å²) in [6.07, 6.45) is -5.54. The molecule has 0 radical (unpaired) electrons. The predicted molar refractivity (Wildman–Crippen MR) is 104 cm³/mol. The lowest BCUT2D eigenvalue weighted by Crippen LogP contribution is -2.27. The van der Waals surface area contributed by atoms with Gasteiger partial charge in [-0.05, 0) is 30.3 Å². The second kappa shape index (κ2) is 8.09. The van der Waals surface area contributed by atoms with E-state index < -0.39 is 43.2 Å².